The Kier molecular flexibility index (Phi) is 4.64. The Balaban J connectivity index is 1.94. The van der Waals surface area contributed by atoms with Gasteiger partial charge in [-0.2, -0.15) is 0 Å². The van der Waals surface area contributed by atoms with Crippen LogP contribution in [0.1, 0.15) is 5.56 Å². The second-order valence-electron chi connectivity index (χ2n) is 5.09. The molecule has 0 saturated carbocycles. The molecule has 1 aromatic heterocycles. The monoisotopic (exact) mass is 309 g/mol. The lowest BCUT2D eigenvalue weighted by Gasteiger charge is -2.11. The highest BCUT2D eigenvalue weighted by Crippen LogP contribution is 2.18. The molecule has 21 heavy (non-hydrogen) atoms. The summed E-state index contributed by atoms with van der Waals surface area (Å²) in [4.78, 5) is 15.0. The summed E-state index contributed by atoms with van der Waals surface area (Å²) in [5, 5.41) is 3.58. The van der Waals surface area contributed by atoms with Gasteiger partial charge in [0.05, 0.1) is 11.8 Å². The van der Waals surface area contributed by atoms with Gasteiger partial charge < -0.3 is 16.0 Å². The third-order valence-electron chi connectivity index (χ3n) is 3.22. The Morgan fingerprint density at radius 3 is 2.81 bits per heavy atom. The van der Waals surface area contributed by atoms with E-state index in [2.05, 4.69) is 10.3 Å². The summed E-state index contributed by atoms with van der Waals surface area (Å²) in [5.41, 5.74) is 7.84. The number of nitrogens with one attached hydrogen (secondary N) is 2. The van der Waals surface area contributed by atoms with Crippen LogP contribution in [0.5, 0.6) is 0 Å². The van der Waals surface area contributed by atoms with Gasteiger partial charge in [-0.05, 0) is 18.1 Å². The van der Waals surface area contributed by atoms with Gasteiger partial charge in [-0.1, -0.05) is 18.2 Å². The minimum atomic E-state index is -3.08. The van der Waals surface area contributed by atoms with E-state index in [4.69, 9.17) is 5.73 Å². The second kappa shape index (κ2) is 6.28. The van der Waals surface area contributed by atoms with Crippen LogP contribution in [0.25, 0.3) is 10.9 Å². The molecule has 7 heteroatoms. The largest absolute Gasteiger partial charge is 0.361 e. The standard InChI is InChI=1S/C14H19N3O3S/c1-21(19,20)7-6-16-14(18)12(15)8-10-9-17-13-5-3-2-4-11(10)13/h2-5,9,12,17H,6-8,15H2,1H3,(H,16,18)/t12-/m0/s1. The third kappa shape index (κ3) is 4.30. The van der Waals surface area contributed by atoms with E-state index < -0.39 is 15.9 Å². The fourth-order valence-electron chi connectivity index (χ4n) is 2.12. The molecule has 0 aliphatic carbocycles. The zero-order valence-electron chi connectivity index (χ0n) is 11.8. The van der Waals surface area contributed by atoms with E-state index in [1.807, 2.05) is 30.5 Å². The van der Waals surface area contributed by atoms with E-state index in [-0.39, 0.29) is 18.2 Å². The summed E-state index contributed by atoms with van der Waals surface area (Å²) in [6.45, 7) is 0.0826. The predicted molar refractivity (Wildman–Crippen MR) is 82.7 cm³/mol. The highest BCUT2D eigenvalue weighted by atomic mass is 32.2. The van der Waals surface area contributed by atoms with E-state index in [1.165, 1.54) is 0 Å². The fourth-order valence-corrected chi connectivity index (χ4v) is 2.59. The normalized spacial score (nSPS) is 13.2. The van der Waals surface area contributed by atoms with Gasteiger partial charge in [-0.15, -0.1) is 0 Å². The van der Waals surface area contributed by atoms with Gasteiger partial charge in [0.2, 0.25) is 5.91 Å². The number of amides is 1. The zero-order valence-corrected chi connectivity index (χ0v) is 12.6. The van der Waals surface area contributed by atoms with Gasteiger partial charge in [-0.25, -0.2) is 8.42 Å². The number of aromatic amines is 1. The van der Waals surface area contributed by atoms with Gasteiger partial charge in [-0.3, -0.25) is 4.79 Å². The summed E-state index contributed by atoms with van der Waals surface area (Å²) in [5.74, 6) is -0.428. The lowest BCUT2D eigenvalue weighted by molar-refractivity contribution is -0.122. The summed E-state index contributed by atoms with van der Waals surface area (Å²) in [7, 11) is -3.08. The first-order valence-corrected chi connectivity index (χ1v) is 8.69. The van der Waals surface area contributed by atoms with Crippen LogP contribution in [-0.2, 0) is 21.1 Å². The number of rotatable bonds is 6. The van der Waals surface area contributed by atoms with E-state index >= 15 is 0 Å². The SMILES string of the molecule is CS(=O)(=O)CCNC(=O)[C@@H](N)Cc1c[nH]c2ccccc12. The molecule has 0 aliphatic rings. The van der Waals surface area contributed by atoms with Crippen LogP contribution in [0.2, 0.25) is 0 Å². The number of aromatic nitrogens is 1. The number of para-hydroxylation sites is 1. The Morgan fingerprint density at radius 2 is 2.10 bits per heavy atom. The maximum absolute atomic E-state index is 11.9. The minimum absolute atomic E-state index is 0.0826. The number of carbonyl (C=O) groups is 1. The summed E-state index contributed by atoms with van der Waals surface area (Å²) in [6.07, 6.45) is 3.37. The Labute approximate surface area is 123 Å². The molecule has 1 heterocycles. The van der Waals surface area contributed by atoms with E-state index in [0.717, 1.165) is 22.7 Å². The molecule has 6 nitrogen and oxygen atoms in total. The van der Waals surface area contributed by atoms with Gasteiger partial charge in [0.1, 0.15) is 9.84 Å². The van der Waals surface area contributed by atoms with E-state index in [1.54, 1.807) is 0 Å². The first-order valence-electron chi connectivity index (χ1n) is 6.63. The molecule has 1 atom stereocenters. The van der Waals surface area contributed by atoms with Crippen LogP contribution in [0.15, 0.2) is 30.5 Å². The lowest BCUT2D eigenvalue weighted by atomic mass is 10.1. The quantitative estimate of drug-likeness (QED) is 0.709. The van der Waals surface area contributed by atoms with Crippen LogP contribution in [0.4, 0.5) is 0 Å². The molecule has 114 valence electrons. The highest BCUT2D eigenvalue weighted by Gasteiger charge is 2.16. The summed E-state index contributed by atoms with van der Waals surface area (Å²) in [6, 6.07) is 7.08. The van der Waals surface area contributed by atoms with Crippen molar-refractivity contribution in [3.05, 3.63) is 36.0 Å². The molecule has 2 rings (SSSR count). The van der Waals surface area contributed by atoms with Gasteiger partial charge in [0.25, 0.3) is 0 Å². The summed E-state index contributed by atoms with van der Waals surface area (Å²) >= 11 is 0. The molecular formula is C14H19N3O3S. The average molecular weight is 309 g/mol. The summed E-state index contributed by atoms with van der Waals surface area (Å²) < 4.78 is 22.0. The minimum Gasteiger partial charge on any atom is -0.361 e. The molecule has 0 bridgehead atoms. The molecule has 2 aromatic rings. The van der Waals surface area contributed by atoms with Crippen molar-refractivity contribution in [2.24, 2.45) is 5.73 Å². The van der Waals surface area contributed by atoms with Gasteiger partial charge >= 0.3 is 0 Å². The fraction of sp³-hybridized carbons (Fsp3) is 0.357. The Hall–Kier alpha value is -1.86. The van der Waals surface area contributed by atoms with Crippen molar-refractivity contribution >= 4 is 26.6 Å². The van der Waals surface area contributed by atoms with Crippen molar-refractivity contribution in [1.82, 2.24) is 10.3 Å². The number of sulfone groups is 1. The smallest absolute Gasteiger partial charge is 0.237 e. The first kappa shape index (κ1) is 15.5. The molecule has 0 unspecified atom stereocenters. The number of fused-ring (bicyclic) bond motifs is 1. The molecular weight excluding hydrogens is 290 g/mol. The van der Waals surface area contributed by atoms with Gasteiger partial charge in [0, 0.05) is 29.9 Å². The second-order valence-corrected chi connectivity index (χ2v) is 7.35. The van der Waals surface area contributed by atoms with Crippen molar-refractivity contribution in [3.63, 3.8) is 0 Å². The van der Waals surface area contributed by atoms with Crippen LogP contribution in [0, 0.1) is 0 Å². The van der Waals surface area contributed by atoms with Crippen molar-refractivity contribution in [1.29, 1.82) is 0 Å². The number of benzene rings is 1. The van der Waals surface area contributed by atoms with Crippen LogP contribution in [-0.4, -0.2) is 43.9 Å². The molecule has 0 saturated heterocycles. The topological polar surface area (TPSA) is 105 Å². The van der Waals surface area contributed by atoms with Crippen molar-refractivity contribution in [2.75, 3.05) is 18.6 Å². The molecule has 1 amide bonds. The van der Waals surface area contributed by atoms with Crippen molar-refractivity contribution in [3.8, 4) is 0 Å². The Morgan fingerprint density at radius 1 is 1.38 bits per heavy atom. The van der Waals surface area contributed by atoms with E-state index in [0.29, 0.717) is 6.42 Å². The number of H-pyrrole nitrogens is 1. The first-order chi connectivity index (χ1) is 9.87. The predicted octanol–water partition coefficient (Wildman–Crippen LogP) is 0.199. The number of hydrogen-bond donors (Lipinski definition) is 3. The van der Waals surface area contributed by atoms with Crippen LogP contribution >= 0.6 is 0 Å². The molecule has 1 aromatic carbocycles. The number of carbonyl (C=O) groups excluding carboxylic acids is 1. The third-order valence-corrected chi connectivity index (χ3v) is 4.17. The maximum Gasteiger partial charge on any atom is 0.237 e. The number of nitrogens with two attached hydrogens (primary N) is 1. The molecule has 4 N–H and O–H groups in total. The zero-order chi connectivity index (χ0) is 15.5. The van der Waals surface area contributed by atoms with Gasteiger partial charge in [0.15, 0.2) is 0 Å². The molecule has 0 fully saturated rings. The average Bonchev–Trinajstić information content (AvgIpc) is 2.80. The van der Waals surface area contributed by atoms with Crippen LogP contribution in [0.3, 0.4) is 0 Å². The van der Waals surface area contributed by atoms with Crippen molar-refractivity contribution in [2.45, 2.75) is 12.5 Å². The lowest BCUT2D eigenvalue weighted by Crippen LogP contribution is -2.43. The van der Waals surface area contributed by atoms with E-state index in [9.17, 15) is 13.2 Å². The van der Waals surface area contributed by atoms with Crippen molar-refractivity contribution < 1.29 is 13.2 Å². The molecule has 0 spiro atoms. The molecule has 0 radical (unpaired) electrons. The number of hydrogen-bond acceptors (Lipinski definition) is 4. The molecule has 0 aliphatic heterocycles. The maximum atomic E-state index is 11.9. The highest BCUT2D eigenvalue weighted by molar-refractivity contribution is 7.90. The van der Waals surface area contributed by atoms with Crippen LogP contribution < -0.4 is 11.1 Å². The Bertz CT molecular complexity index is 737.